The molecule has 3 fully saturated rings. The summed E-state index contributed by atoms with van der Waals surface area (Å²) in [5, 5.41) is 39.7. The molecule has 0 aromatic carbocycles. The van der Waals surface area contributed by atoms with E-state index in [0.717, 1.165) is 51.6 Å². The summed E-state index contributed by atoms with van der Waals surface area (Å²) in [6.07, 6.45) is 2.71. The number of β-amino-alcohol motifs (C(OH)–C–C–N with tert-alkyl or cyclic N) is 1. The van der Waals surface area contributed by atoms with E-state index in [-0.39, 0.29) is 19.1 Å². The zero-order valence-corrected chi connectivity index (χ0v) is 18.9. The molecule has 0 spiro atoms. The van der Waals surface area contributed by atoms with E-state index >= 15 is 0 Å². The Balaban J connectivity index is 1.46. The van der Waals surface area contributed by atoms with Gasteiger partial charge in [-0.05, 0) is 55.8 Å². The maximum atomic E-state index is 13.0. The number of carbonyl (C=O) groups excluding carboxylic acids is 1. The highest BCUT2D eigenvalue weighted by atomic mass is 16.4. The molecule has 0 bridgehead atoms. The van der Waals surface area contributed by atoms with E-state index in [1.807, 2.05) is 9.80 Å². The molecule has 7 heteroatoms. The molecule has 0 aromatic rings. The van der Waals surface area contributed by atoms with Crippen molar-refractivity contribution in [2.45, 2.75) is 83.6 Å². The van der Waals surface area contributed by atoms with Crippen molar-refractivity contribution in [1.29, 1.82) is 0 Å². The van der Waals surface area contributed by atoms with Gasteiger partial charge >= 0.3 is 0 Å². The third kappa shape index (κ3) is 5.36. The van der Waals surface area contributed by atoms with Gasteiger partial charge in [0.15, 0.2) is 0 Å². The summed E-state index contributed by atoms with van der Waals surface area (Å²) in [5.41, 5.74) is 0.324. The molecule has 2 aliphatic heterocycles. The molecule has 0 radical (unpaired) electrons. The summed E-state index contributed by atoms with van der Waals surface area (Å²) < 4.78 is 0. The molecule has 2 heterocycles. The smallest absolute Gasteiger partial charge is 0.225 e. The second kappa shape index (κ2) is 9.82. The van der Waals surface area contributed by atoms with Crippen molar-refractivity contribution < 1.29 is 25.2 Å². The van der Waals surface area contributed by atoms with Crippen molar-refractivity contribution in [3.63, 3.8) is 0 Å². The molecular formula is C23H42N2O5. The number of hydrogen-bond donors (Lipinski definition) is 4. The molecule has 0 unspecified atom stereocenters. The Kier molecular flexibility index (Phi) is 7.83. The van der Waals surface area contributed by atoms with Gasteiger partial charge in [0.05, 0.1) is 18.8 Å². The van der Waals surface area contributed by atoms with Crippen LogP contribution in [0.25, 0.3) is 0 Å². The quantitative estimate of drug-likeness (QED) is 0.531. The van der Waals surface area contributed by atoms with Crippen molar-refractivity contribution in [2.75, 3.05) is 32.8 Å². The number of amides is 1. The zero-order chi connectivity index (χ0) is 22.1. The molecule has 2 saturated heterocycles. The Hall–Kier alpha value is -0.730. The first-order chi connectivity index (χ1) is 14.1. The van der Waals surface area contributed by atoms with Gasteiger partial charge in [0.2, 0.25) is 5.91 Å². The highest BCUT2D eigenvalue weighted by Gasteiger charge is 2.42. The van der Waals surface area contributed by atoms with E-state index in [2.05, 4.69) is 20.8 Å². The highest BCUT2D eigenvalue weighted by Crippen LogP contribution is 2.40. The van der Waals surface area contributed by atoms with Crippen LogP contribution in [-0.2, 0) is 4.79 Å². The van der Waals surface area contributed by atoms with E-state index < -0.39 is 24.4 Å². The lowest BCUT2D eigenvalue weighted by atomic mass is 9.69. The van der Waals surface area contributed by atoms with Gasteiger partial charge in [0, 0.05) is 32.1 Å². The number of carbonyl (C=O) groups is 1. The summed E-state index contributed by atoms with van der Waals surface area (Å²) in [6, 6.07) is -0.555. The van der Waals surface area contributed by atoms with Crippen LogP contribution in [0.4, 0.5) is 0 Å². The molecule has 4 atom stereocenters. The first-order valence-corrected chi connectivity index (χ1v) is 11.8. The van der Waals surface area contributed by atoms with E-state index in [1.54, 1.807) is 0 Å². The molecule has 3 rings (SSSR count). The fraction of sp³-hybridized carbons (Fsp3) is 0.957. The van der Waals surface area contributed by atoms with Crippen molar-refractivity contribution in [2.24, 2.45) is 23.2 Å². The normalized spacial score (nSPS) is 37.4. The van der Waals surface area contributed by atoms with Gasteiger partial charge in [-0.15, -0.1) is 0 Å². The van der Waals surface area contributed by atoms with Crippen LogP contribution in [-0.4, -0.2) is 93.3 Å². The van der Waals surface area contributed by atoms with Crippen molar-refractivity contribution in [3.05, 3.63) is 0 Å². The lowest BCUT2D eigenvalue weighted by Crippen LogP contribution is -2.63. The Bertz CT molecular complexity index is 564. The molecule has 174 valence electrons. The van der Waals surface area contributed by atoms with Crippen LogP contribution >= 0.6 is 0 Å². The monoisotopic (exact) mass is 426 g/mol. The summed E-state index contributed by atoms with van der Waals surface area (Å²) in [6.45, 7) is 9.07. The Morgan fingerprint density at radius 1 is 0.933 bits per heavy atom. The molecule has 30 heavy (non-hydrogen) atoms. The third-order valence-electron chi connectivity index (χ3n) is 7.94. The highest BCUT2D eigenvalue weighted by molar-refractivity contribution is 5.79. The van der Waals surface area contributed by atoms with Gasteiger partial charge in [-0.1, -0.05) is 20.8 Å². The van der Waals surface area contributed by atoms with Crippen LogP contribution in [0, 0.1) is 23.2 Å². The van der Waals surface area contributed by atoms with E-state index in [0.29, 0.717) is 29.7 Å². The van der Waals surface area contributed by atoms with Gasteiger partial charge < -0.3 is 25.3 Å². The summed E-state index contributed by atoms with van der Waals surface area (Å²) >= 11 is 0. The number of hydrogen-bond acceptors (Lipinski definition) is 6. The first-order valence-electron chi connectivity index (χ1n) is 11.8. The molecule has 4 N–H and O–H groups in total. The van der Waals surface area contributed by atoms with Crippen molar-refractivity contribution in [1.82, 2.24) is 9.80 Å². The number of rotatable bonds is 4. The number of piperidine rings is 2. The van der Waals surface area contributed by atoms with Crippen molar-refractivity contribution in [3.8, 4) is 0 Å². The zero-order valence-electron chi connectivity index (χ0n) is 18.9. The number of aliphatic hydroxyl groups is 4. The largest absolute Gasteiger partial charge is 0.395 e. The predicted molar refractivity (Wildman–Crippen MR) is 115 cm³/mol. The van der Waals surface area contributed by atoms with Crippen LogP contribution < -0.4 is 0 Å². The van der Waals surface area contributed by atoms with Crippen molar-refractivity contribution >= 4 is 5.91 Å². The van der Waals surface area contributed by atoms with Crippen LogP contribution in [0.1, 0.15) is 59.3 Å². The second-order valence-electron chi connectivity index (χ2n) is 10.9. The predicted octanol–water partition coefficient (Wildman–Crippen LogP) is 0.837. The van der Waals surface area contributed by atoms with Gasteiger partial charge in [-0.2, -0.15) is 0 Å². The van der Waals surface area contributed by atoms with Gasteiger partial charge in [0.25, 0.3) is 0 Å². The summed E-state index contributed by atoms with van der Waals surface area (Å²) in [4.78, 5) is 16.9. The second-order valence-corrected chi connectivity index (χ2v) is 10.9. The van der Waals surface area contributed by atoms with E-state index in [1.165, 1.54) is 0 Å². The number of likely N-dealkylation sites (tertiary alicyclic amines) is 2. The van der Waals surface area contributed by atoms with E-state index in [9.17, 15) is 25.2 Å². The molecule has 3 aliphatic rings. The number of nitrogens with zero attached hydrogens (tertiary/aromatic N) is 2. The fourth-order valence-electron chi connectivity index (χ4n) is 5.72. The number of aliphatic hydroxyl groups excluding tert-OH is 4. The van der Waals surface area contributed by atoms with Crippen LogP contribution in [0.3, 0.4) is 0 Å². The Labute approximate surface area is 181 Å². The van der Waals surface area contributed by atoms with Crippen LogP contribution in [0.15, 0.2) is 0 Å². The molecule has 1 saturated carbocycles. The molecule has 1 aliphatic carbocycles. The maximum absolute atomic E-state index is 13.0. The summed E-state index contributed by atoms with van der Waals surface area (Å²) in [7, 11) is 0. The topological polar surface area (TPSA) is 104 Å². The van der Waals surface area contributed by atoms with Crippen LogP contribution in [0.2, 0.25) is 0 Å². The SMILES string of the molecule is CC(C)(C)[C@H]1CC[C@H](C(=O)N2CCC(CN3C[C@H](O)[C@@H](O)[C@H](O)[C@@H]3CO)CC2)CC1. The van der Waals surface area contributed by atoms with Gasteiger partial charge in [0.1, 0.15) is 12.2 Å². The summed E-state index contributed by atoms with van der Waals surface area (Å²) in [5.74, 6) is 1.56. The van der Waals surface area contributed by atoms with E-state index in [4.69, 9.17) is 0 Å². The minimum absolute atomic E-state index is 0.174. The minimum Gasteiger partial charge on any atom is -0.395 e. The molecular weight excluding hydrogens is 384 g/mol. The van der Waals surface area contributed by atoms with Gasteiger partial charge in [-0.25, -0.2) is 0 Å². The minimum atomic E-state index is -1.22. The molecule has 7 nitrogen and oxygen atoms in total. The molecule has 1 amide bonds. The molecule has 0 aromatic heterocycles. The Morgan fingerprint density at radius 2 is 1.53 bits per heavy atom. The fourth-order valence-corrected chi connectivity index (χ4v) is 5.72. The average molecular weight is 427 g/mol. The Morgan fingerprint density at radius 3 is 2.07 bits per heavy atom. The third-order valence-corrected chi connectivity index (χ3v) is 7.94. The average Bonchev–Trinajstić information content (AvgIpc) is 2.72. The first kappa shape index (κ1) is 23.9. The van der Waals surface area contributed by atoms with Gasteiger partial charge in [-0.3, -0.25) is 9.69 Å². The lowest BCUT2D eigenvalue weighted by Gasteiger charge is -2.45. The lowest BCUT2D eigenvalue weighted by molar-refractivity contribution is -0.149. The van der Waals surface area contributed by atoms with Crippen LogP contribution in [0.5, 0.6) is 0 Å². The maximum Gasteiger partial charge on any atom is 0.225 e. The standard InChI is InChI=1S/C23H42N2O5/c1-23(2,3)17-6-4-16(5-7-17)22(30)24-10-8-15(9-11-24)12-25-13-19(27)21(29)20(28)18(25)14-26/h15-21,26-29H,4-14H2,1-3H3/t16-,17-,18-,19-,20+,21+/m0/s1.